The number of nitrogens with two attached hydrogens (primary N) is 1. The molecule has 0 radical (unpaired) electrons. The largest absolute Gasteiger partial charge is 0.481 e. The van der Waals surface area contributed by atoms with Gasteiger partial charge in [0.1, 0.15) is 0 Å². The van der Waals surface area contributed by atoms with E-state index in [1.54, 1.807) is 19.2 Å². The third-order valence-electron chi connectivity index (χ3n) is 3.26. The van der Waals surface area contributed by atoms with E-state index in [2.05, 4.69) is 10.3 Å². The highest BCUT2D eigenvalue weighted by Crippen LogP contribution is 2.27. The third-order valence-corrected chi connectivity index (χ3v) is 3.26. The average molecular weight is 237 g/mol. The van der Waals surface area contributed by atoms with E-state index in [4.69, 9.17) is 10.5 Å². The molecule has 0 bridgehead atoms. The normalized spacial score (nSPS) is 23.6. The van der Waals surface area contributed by atoms with Crippen LogP contribution in [-0.4, -0.2) is 29.8 Å². The Labute approximate surface area is 101 Å². The minimum Gasteiger partial charge on any atom is -0.481 e. The van der Waals surface area contributed by atoms with Crippen LogP contribution >= 0.6 is 0 Å². The fourth-order valence-corrected chi connectivity index (χ4v) is 2.19. The van der Waals surface area contributed by atoms with Crippen LogP contribution in [0.2, 0.25) is 0 Å². The monoisotopic (exact) mass is 237 g/mol. The molecular formula is C12H19N3O2. The molecule has 0 saturated heterocycles. The fourth-order valence-electron chi connectivity index (χ4n) is 2.19. The van der Waals surface area contributed by atoms with Gasteiger partial charge in [0.05, 0.1) is 18.9 Å². The molecule has 5 nitrogen and oxygen atoms in total. The Morgan fingerprint density at radius 3 is 3.00 bits per heavy atom. The van der Waals surface area contributed by atoms with Crippen LogP contribution in [0.25, 0.3) is 0 Å². The van der Waals surface area contributed by atoms with E-state index in [1.165, 1.54) is 0 Å². The molecule has 0 aliphatic heterocycles. The van der Waals surface area contributed by atoms with Crippen molar-refractivity contribution in [1.29, 1.82) is 0 Å². The Kier molecular flexibility index (Phi) is 3.68. The summed E-state index contributed by atoms with van der Waals surface area (Å²) in [5, 5.41) is 12.9. The van der Waals surface area contributed by atoms with E-state index >= 15 is 0 Å². The van der Waals surface area contributed by atoms with Crippen LogP contribution in [0.3, 0.4) is 0 Å². The minimum atomic E-state index is -0.200. The summed E-state index contributed by atoms with van der Waals surface area (Å²) in [4.78, 5) is 4.24. The Morgan fingerprint density at radius 2 is 2.35 bits per heavy atom. The molecule has 1 fully saturated rings. The van der Waals surface area contributed by atoms with Gasteiger partial charge in [-0.25, -0.2) is 0 Å². The molecule has 1 saturated carbocycles. The summed E-state index contributed by atoms with van der Waals surface area (Å²) >= 11 is 0. The summed E-state index contributed by atoms with van der Waals surface area (Å²) < 4.78 is 5.05. The lowest BCUT2D eigenvalue weighted by Crippen LogP contribution is -2.22. The quantitative estimate of drug-likeness (QED) is 0.734. The van der Waals surface area contributed by atoms with E-state index in [0.29, 0.717) is 29.8 Å². The van der Waals surface area contributed by atoms with Gasteiger partial charge in [0.15, 0.2) is 5.82 Å². The number of pyridine rings is 1. The third kappa shape index (κ3) is 2.79. The number of hydrogen-bond donors (Lipinski definition) is 3. The summed E-state index contributed by atoms with van der Waals surface area (Å²) in [6.07, 6.45) is 2.84. The standard InChI is InChI=1S/C12H19N3O2/c1-17-11-6-5-9(13)12(15-11)14-7-8-3-2-4-10(8)16/h5-6,8,10,16H,2-4,7,13H2,1H3,(H,14,15). The number of aliphatic hydroxyl groups is 1. The van der Waals surface area contributed by atoms with Crippen molar-refractivity contribution >= 4 is 11.5 Å². The highest BCUT2D eigenvalue weighted by Gasteiger charge is 2.24. The highest BCUT2D eigenvalue weighted by atomic mass is 16.5. The maximum atomic E-state index is 9.72. The summed E-state index contributed by atoms with van der Waals surface area (Å²) in [5.74, 6) is 1.46. The maximum Gasteiger partial charge on any atom is 0.215 e. The second-order valence-corrected chi connectivity index (χ2v) is 4.43. The van der Waals surface area contributed by atoms with Gasteiger partial charge in [0, 0.05) is 18.5 Å². The first kappa shape index (κ1) is 12.0. The number of anilines is 2. The molecule has 1 aliphatic rings. The lowest BCUT2D eigenvalue weighted by atomic mass is 10.1. The molecule has 0 amide bonds. The Bertz CT molecular complexity index is 384. The number of aromatic nitrogens is 1. The van der Waals surface area contributed by atoms with Crippen LogP contribution < -0.4 is 15.8 Å². The van der Waals surface area contributed by atoms with Crippen molar-refractivity contribution < 1.29 is 9.84 Å². The molecule has 1 heterocycles. The predicted octanol–water partition coefficient (Wildman–Crippen LogP) is 1.25. The highest BCUT2D eigenvalue weighted by molar-refractivity contribution is 5.61. The Balaban J connectivity index is 1.98. The number of ether oxygens (including phenoxy) is 1. The van der Waals surface area contributed by atoms with Crippen LogP contribution in [-0.2, 0) is 0 Å². The summed E-state index contributed by atoms with van der Waals surface area (Å²) in [6.45, 7) is 0.700. The lowest BCUT2D eigenvalue weighted by molar-refractivity contribution is 0.138. The van der Waals surface area contributed by atoms with Crippen molar-refractivity contribution in [3.05, 3.63) is 12.1 Å². The molecule has 1 aromatic rings. The summed E-state index contributed by atoms with van der Waals surface area (Å²) in [7, 11) is 1.57. The Hall–Kier alpha value is -1.49. The van der Waals surface area contributed by atoms with E-state index in [-0.39, 0.29) is 6.10 Å². The van der Waals surface area contributed by atoms with Crippen LogP contribution in [0, 0.1) is 5.92 Å². The lowest BCUT2D eigenvalue weighted by Gasteiger charge is -2.16. The van der Waals surface area contributed by atoms with Crippen LogP contribution in [0.1, 0.15) is 19.3 Å². The number of nitrogen functional groups attached to an aromatic ring is 1. The minimum absolute atomic E-state index is 0.200. The number of nitrogens with one attached hydrogen (secondary N) is 1. The first-order chi connectivity index (χ1) is 8.20. The zero-order chi connectivity index (χ0) is 12.3. The van der Waals surface area contributed by atoms with E-state index < -0.39 is 0 Å². The smallest absolute Gasteiger partial charge is 0.215 e. The number of nitrogens with zero attached hydrogens (tertiary/aromatic N) is 1. The second kappa shape index (κ2) is 5.23. The van der Waals surface area contributed by atoms with Gasteiger partial charge in [-0.1, -0.05) is 6.42 Å². The average Bonchev–Trinajstić information content (AvgIpc) is 2.74. The number of rotatable bonds is 4. The summed E-state index contributed by atoms with van der Waals surface area (Å²) in [5.41, 5.74) is 6.42. The topological polar surface area (TPSA) is 80.4 Å². The summed E-state index contributed by atoms with van der Waals surface area (Å²) in [6, 6.07) is 3.49. The molecule has 2 atom stereocenters. The van der Waals surface area contributed by atoms with Gasteiger partial charge in [-0.05, 0) is 18.9 Å². The molecule has 2 rings (SSSR count). The maximum absolute atomic E-state index is 9.72. The van der Waals surface area contributed by atoms with Crippen LogP contribution in [0.5, 0.6) is 5.88 Å². The van der Waals surface area contributed by atoms with E-state index in [1.807, 2.05) is 0 Å². The molecule has 17 heavy (non-hydrogen) atoms. The number of methoxy groups -OCH3 is 1. The van der Waals surface area contributed by atoms with E-state index in [0.717, 1.165) is 19.3 Å². The van der Waals surface area contributed by atoms with Gasteiger partial charge in [0.2, 0.25) is 5.88 Å². The zero-order valence-electron chi connectivity index (χ0n) is 10.0. The van der Waals surface area contributed by atoms with Gasteiger partial charge < -0.3 is 20.9 Å². The van der Waals surface area contributed by atoms with Crippen molar-refractivity contribution in [2.75, 3.05) is 24.7 Å². The van der Waals surface area contributed by atoms with Crippen molar-refractivity contribution in [2.24, 2.45) is 5.92 Å². The van der Waals surface area contributed by atoms with Crippen molar-refractivity contribution in [3.63, 3.8) is 0 Å². The zero-order valence-corrected chi connectivity index (χ0v) is 10.0. The van der Waals surface area contributed by atoms with Crippen molar-refractivity contribution in [1.82, 2.24) is 4.98 Å². The fraction of sp³-hybridized carbons (Fsp3) is 0.583. The van der Waals surface area contributed by atoms with Crippen molar-refractivity contribution in [3.8, 4) is 5.88 Å². The molecule has 2 unspecified atom stereocenters. The van der Waals surface area contributed by atoms with Gasteiger partial charge in [-0.2, -0.15) is 4.98 Å². The molecule has 1 aliphatic carbocycles. The molecular weight excluding hydrogens is 218 g/mol. The Morgan fingerprint density at radius 1 is 1.53 bits per heavy atom. The van der Waals surface area contributed by atoms with Gasteiger partial charge in [-0.3, -0.25) is 0 Å². The van der Waals surface area contributed by atoms with Gasteiger partial charge in [0.25, 0.3) is 0 Å². The predicted molar refractivity (Wildman–Crippen MR) is 67.0 cm³/mol. The van der Waals surface area contributed by atoms with Gasteiger partial charge >= 0.3 is 0 Å². The van der Waals surface area contributed by atoms with Crippen molar-refractivity contribution in [2.45, 2.75) is 25.4 Å². The SMILES string of the molecule is COc1ccc(N)c(NCC2CCCC2O)n1. The molecule has 0 spiro atoms. The molecule has 4 N–H and O–H groups in total. The number of hydrogen-bond acceptors (Lipinski definition) is 5. The van der Waals surface area contributed by atoms with Gasteiger partial charge in [-0.15, -0.1) is 0 Å². The molecule has 5 heteroatoms. The molecule has 94 valence electrons. The molecule has 0 aromatic carbocycles. The van der Waals surface area contributed by atoms with E-state index in [9.17, 15) is 5.11 Å². The van der Waals surface area contributed by atoms with Crippen LogP contribution in [0.15, 0.2) is 12.1 Å². The first-order valence-corrected chi connectivity index (χ1v) is 5.93. The number of aliphatic hydroxyl groups excluding tert-OH is 1. The van der Waals surface area contributed by atoms with Crippen LogP contribution in [0.4, 0.5) is 11.5 Å². The first-order valence-electron chi connectivity index (χ1n) is 5.93. The molecule has 1 aromatic heterocycles. The second-order valence-electron chi connectivity index (χ2n) is 4.43.